The van der Waals surface area contributed by atoms with Crippen LogP contribution in [-0.2, 0) is 31.1 Å². The number of pyridine rings is 1. The van der Waals surface area contributed by atoms with Gasteiger partial charge in [0.05, 0.1) is 37.4 Å². The van der Waals surface area contributed by atoms with Gasteiger partial charge in [0.15, 0.2) is 11.6 Å². The third-order valence-electron chi connectivity index (χ3n) is 16.8. The van der Waals surface area contributed by atoms with Crippen molar-refractivity contribution in [2.24, 2.45) is 45.3 Å². The van der Waals surface area contributed by atoms with E-state index in [9.17, 15) is 24.3 Å². The molecule has 332 valence electrons. The van der Waals surface area contributed by atoms with Crippen LogP contribution in [0.2, 0.25) is 0 Å². The van der Waals surface area contributed by atoms with Crippen molar-refractivity contribution in [1.29, 1.82) is 0 Å². The molecular weight excluding hydrogens is 757 g/mol. The van der Waals surface area contributed by atoms with E-state index in [1.807, 2.05) is 40.1 Å². The number of rotatable bonds is 15. The first-order chi connectivity index (χ1) is 28.0. The topological polar surface area (TPSA) is 133 Å². The summed E-state index contributed by atoms with van der Waals surface area (Å²) in [7, 11) is 5.70. The summed E-state index contributed by atoms with van der Waals surface area (Å²) in [6, 6.07) is 3.69. The molecule has 11 nitrogen and oxygen atoms in total. The molecule has 0 aromatic carbocycles. The minimum absolute atomic E-state index is 0.00225. The number of ketones is 1. The third-order valence-corrected chi connectivity index (χ3v) is 16.8. The van der Waals surface area contributed by atoms with Crippen molar-refractivity contribution < 1.29 is 29.0 Å². The first-order valence-corrected chi connectivity index (χ1v) is 22.7. The van der Waals surface area contributed by atoms with Crippen LogP contribution in [0.3, 0.4) is 0 Å². The van der Waals surface area contributed by atoms with Gasteiger partial charge in [0.1, 0.15) is 11.9 Å². The second-order valence-corrected chi connectivity index (χ2v) is 21.1. The predicted octanol–water partition coefficient (Wildman–Crippen LogP) is 8.95. The fourth-order valence-corrected chi connectivity index (χ4v) is 13.0. The number of carboxylic acids is 1. The molecule has 60 heavy (non-hydrogen) atoms. The van der Waals surface area contributed by atoms with Gasteiger partial charge in [0.2, 0.25) is 0 Å². The summed E-state index contributed by atoms with van der Waals surface area (Å²) in [5.74, 6) is 1.10. The highest BCUT2D eigenvalue weighted by Gasteiger charge is 2.68. The molecule has 6 rings (SSSR count). The van der Waals surface area contributed by atoms with Crippen molar-refractivity contribution >= 4 is 17.7 Å². The predicted molar refractivity (Wildman–Crippen MR) is 234 cm³/mol. The van der Waals surface area contributed by atoms with Crippen molar-refractivity contribution in [2.45, 2.75) is 158 Å². The molecule has 3 fully saturated rings. The van der Waals surface area contributed by atoms with E-state index in [0.717, 1.165) is 62.6 Å². The maximum Gasteiger partial charge on any atom is 0.309 e. The summed E-state index contributed by atoms with van der Waals surface area (Å²) in [5.41, 5.74) is 2.02. The maximum absolute atomic E-state index is 14.7. The first kappa shape index (κ1) is 45.8. The van der Waals surface area contributed by atoms with E-state index in [0.29, 0.717) is 54.9 Å². The van der Waals surface area contributed by atoms with Gasteiger partial charge in [-0.25, -0.2) is 4.98 Å². The number of Topliss-reactive ketones (excluding diaryl/α,β-unsaturated/α-hetero) is 1. The van der Waals surface area contributed by atoms with Crippen molar-refractivity contribution in [2.75, 3.05) is 27.7 Å². The average molecular weight is 831 g/mol. The number of aromatic nitrogens is 3. The Balaban J connectivity index is 1.40. The molecule has 0 aliphatic heterocycles. The first-order valence-electron chi connectivity index (χ1n) is 22.7. The van der Waals surface area contributed by atoms with E-state index in [-0.39, 0.29) is 51.9 Å². The van der Waals surface area contributed by atoms with E-state index in [4.69, 9.17) is 14.5 Å². The molecular formula is C49H74N4O7. The van der Waals surface area contributed by atoms with Crippen LogP contribution >= 0.6 is 0 Å². The smallest absolute Gasteiger partial charge is 0.309 e. The number of carbonyl (C=O) groups is 3. The summed E-state index contributed by atoms with van der Waals surface area (Å²) in [4.78, 5) is 60.9. The minimum Gasteiger partial charge on any atom is -0.495 e. The van der Waals surface area contributed by atoms with Gasteiger partial charge in [-0.3, -0.25) is 23.9 Å². The Morgan fingerprint density at radius 3 is 2.33 bits per heavy atom. The number of likely N-dealkylation sites (N-methyl/N-ethyl adjacent to an activating group) is 1. The maximum atomic E-state index is 14.7. The molecule has 3 saturated carbocycles. The van der Waals surface area contributed by atoms with E-state index in [2.05, 4.69) is 51.1 Å². The molecule has 0 spiro atoms. The number of hydrogen-bond acceptors (Lipinski definition) is 8. The van der Waals surface area contributed by atoms with Gasteiger partial charge < -0.3 is 19.5 Å². The normalized spacial score (nSPS) is 30.9. The second kappa shape index (κ2) is 16.5. The summed E-state index contributed by atoms with van der Waals surface area (Å²) in [6.45, 7) is 22.8. The van der Waals surface area contributed by atoms with E-state index in [1.54, 1.807) is 31.8 Å². The van der Waals surface area contributed by atoms with Gasteiger partial charge in [-0.1, -0.05) is 48.5 Å². The van der Waals surface area contributed by atoms with Crippen LogP contribution in [0.5, 0.6) is 5.75 Å². The van der Waals surface area contributed by atoms with E-state index >= 15 is 0 Å². The lowest BCUT2D eigenvalue weighted by atomic mass is 9.35. The minimum atomic E-state index is -1.18. The lowest BCUT2D eigenvalue weighted by molar-refractivity contribution is -0.184. The number of methoxy groups -OCH3 is 1. The number of allylic oxidation sites excluding steroid dienone is 2. The largest absolute Gasteiger partial charge is 0.495 e. The Labute approximate surface area is 358 Å². The quantitative estimate of drug-likeness (QED) is 0.175. The van der Waals surface area contributed by atoms with Crippen LogP contribution in [-0.4, -0.2) is 75.9 Å². The molecule has 0 saturated heterocycles. The average Bonchev–Trinajstić information content (AvgIpc) is 3.63. The third kappa shape index (κ3) is 7.40. The van der Waals surface area contributed by atoms with Crippen LogP contribution in [0.25, 0.3) is 5.82 Å². The summed E-state index contributed by atoms with van der Waals surface area (Å²) >= 11 is 0. The molecule has 0 amide bonds. The molecule has 4 aliphatic carbocycles. The lowest BCUT2D eigenvalue weighted by Crippen LogP contribution is -2.62. The highest BCUT2D eigenvalue weighted by molar-refractivity contribution is 6.02. The molecule has 2 aromatic rings. The SMILES string of the molecule is CCC(CCC1(C)C(C)CCC2(C)C1CCC1C3=C(C(C)C)C(=O)CC3(c3c(C)c(=O)n(-c4ccc(OC)cn4)n3CCN(C)C)CC[C@]12C)OC(=O)CC(C)(C)C(=O)O. The Morgan fingerprint density at radius 2 is 1.75 bits per heavy atom. The standard InChI is InChI=1S/C49H74N4O7/c1-14-33(60-39(55)28-45(6,7)44(57)58)20-21-46(8)31(4)19-22-48(10)37(46)17-16-35-41-40(30(2)3)36(54)27-49(41,24-23-47(35,48)9)42-32(5)43(56)53(52(42)26-25-51(11)12)38-18-15-34(59-13)29-50-38/h15,18,29-31,33,35,37H,14,16-17,19-28H2,1-13H3,(H,57,58)/t31?,33?,35?,37?,46?,47-,48?,49?/m1/s1. The molecule has 2 aromatic heterocycles. The van der Waals surface area contributed by atoms with Gasteiger partial charge in [-0.15, -0.1) is 0 Å². The van der Waals surface area contributed by atoms with Gasteiger partial charge in [-0.05, 0) is 156 Å². The van der Waals surface area contributed by atoms with Crippen LogP contribution in [0, 0.1) is 52.3 Å². The van der Waals surface area contributed by atoms with Gasteiger partial charge in [0.25, 0.3) is 5.56 Å². The van der Waals surface area contributed by atoms with Crippen molar-refractivity contribution in [1.82, 2.24) is 19.2 Å². The Bertz CT molecular complexity index is 2060. The van der Waals surface area contributed by atoms with Gasteiger partial charge >= 0.3 is 11.9 Å². The Hall–Kier alpha value is -3.73. The number of ether oxygens (including phenoxy) is 2. The number of carboxylic acid groups (broad SMARTS) is 1. The van der Waals surface area contributed by atoms with E-state index in [1.165, 1.54) is 5.57 Å². The Kier molecular flexibility index (Phi) is 12.6. The fraction of sp³-hybridized carbons (Fsp3) is 0.735. The van der Waals surface area contributed by atoms with Crippen LogP contribution in [0.4, 0.5) is 0 Å². The zero-order valence-electron chi connectivity index (χ0n) is 39.0. The Morgan fingerprint density at radius 1 is 1.05 bits per heavy atom. The molecule has 2 heterocycles. The van der Waals surface area contributed by atoms with Crippen molar-refractivity contribution in [3.63, 3.8) is 0 Å². The molecule has 4 aliphatic rings. The zero-order chi connectivity index (χ0) is 44.3. The van der Waals surface area contributed by atoms with Crippen LogP contribution in [0.15, 0.2) is 34.3 Å². The second-order valence-electron chi connectivity index (χ2n) is 21.1. The summed E-state index contributed by atoms with van der Waals surface area (Å²) in [5, 5.41) is 9.62. The molecule has 1 N–H and O–H groups in total. The number of nitrogens with zero attached hydrogens (tertiary/aromatic N) is 4. The number of hydrogen-bond donors (Lipinski definition) is 1. The number of esters is 1. The van der Waals surface area contributed by atoms with Crippen molar-refractivity contribution in [3.05, 3.63) is 51.1 Å². The van der Waals surface area contributed by atoms with E-state index < -0.39 is 22.8 Å². The van der Waals surface area contributed by atoms with Crippen molar-refractivity contribution in [3.8, 4) is 11.6 Å². The molecule has 7 unspecified atom stereocenters. The molecule has 0 bridgehead atoms. The van der Waals surface area contributed by atoms with Crippen LogP contribution < -0.4 is 10.3 Å². The molecule has 0 radical (unpaired) electrons. The monoisotopic (exact) mass is 831 g/mol. The highest BCUT2D eigenvalue weighted by atomic mass is 16.5. The lowest BCUT2D eigenvalue weighted by Gasteiger charge is -2.69. The fourth-order valence-electron chi connectivity index (χ4n) is 13.0. The summed E-state index contributed by atoms with van der Waals surface area (Å²) < 4.78 is 15.3. The highest BCUT2D eigenvalue weighted by Crippen LogP contribution is 2.75. The molecule has 8 atom stereocenters. The van der Waals surface area contributed by atoms with Gasteiger partial charge in [-0.2, -0.15) is 4.68 Å². The zero-order valence-corrected chi connectivity index (χ0v) is 39.0. The number of carbonyl (C=O) groups excluding carboxylic acids is 2. The van der Waals surface area contributed by atoms with Crippen LogP contribution in [0.1, 0.15) is 144 Å². The summed E-state index contributed by atoms with van der Waals surface area (Å²) in [6.07, 6.45) is 9.99. The number of aliphatic carboxylic acids is 1. The molecule has 11 heteroatoms. The van der Waals surface area contributed by atoms with Gasteiger partial charge in [0, 0.05) is 23.9 Å². The number of fused-ring (bicyclic) bond motifs is 5.